The van der Waals surface area contributed by atoms with Crippen molar-refractivity contribution in [2.45, 2.75) is 32.2 Å². The zero-order valence-electron chi connectivity index (χ0n) is 13.2. The van der Waals surface area contributed by atoms with E-state index in [1.165, 1.54) is 6.92 Å². The van der Waals surface area contributed by atoms with Crippen LogP contribution in [0.25, 0.3) is 0 Å². The van der Waals surface area contributed by atoms with Gasteiger partial charge in [0.05, 0.1) is 12.0 Å². The van der Waals surface area contributed by atoms with E-state index in [9.17, 15) is 14.4 Å². The molecule has 3 aliphatic heterocycles. The molecule has 2 bridgehead atoms. The van der Waals surface area contributed by atoms with Crippen molar-refractivity contribution < 1.29 is 14.4 Å². The third kappa shape index (κ3) is 3.54. The quantitative estimate of drug-likeness (QED) is 0.613. The van der Waals surface area contributed by atoms with Gasteiger partial charge in [-0.15, -0.1) is 12.4 Å². The summed E-state index contributed by atoms with van der Waals surface area (Å²) in [6.07, 6.45) is 2.18. The molecule has 0 radical (unpaired) electrons. The second kappa shape index (κ2) is 7.37. The Bertz CT molecular complexity index is 594. The smallest absolute Gasteiger partial charge is 0.173 e. The van der Waals surface area contributed by atoms with Crippen molar-refractivity contribution in [1.82, 2.24) is 4.90 Å². The normalized spacial score (nSPS) is 27.2. The highest BCUT2D eigenvalue weighted by molar-refractivity contribution is 6.10. The highest BCUT2D eigenvalue weighted by atomic mass is 35.5. The van der Waals surface area contributed by atoms with Crippen LogP contribution in [-0.4, -0.2) is 41.4 Å². The summed E-state index contributed by atoms with van der Waals surface area (Å²) in [4.78, 5) is 39.2. The molecule has 2 unspecified atom stereocenters. The number of piperidine rings is 3. The summed E-state index contributed by atoms with van der Waals surface area (Å²) in [5.74, 6) is -0.664. The molecule has 3 heterocycles. The van der Waals surface area contributed by atoms with Gasteiger partial charge in [-0.1, -0.05) is 30.3 Å². The van der Waals surface area contributed by atoms with Crippen LogP contribution in [0.3, 0.4) is 0 Å². The molecule has 23 heavy (non-hydrogen) atoms. The Morgan fingerprint density at radius 1 is 1.17 bits per heavy atom. The van der Waals surface area contributed by atoms with Crippen molar-refractivity contribution in [2.75, 3.05) is 13.1 Å². The first-order valence-corrected chi connectivity index (χ1v) is 7.95. The number of rotatable bonds is 5. The molecule has 3 saturated heterocycles. The van der Waals surface area contributed by atoms with Crippen LogP contribution < -0.4 is 0 Å². The lowest BCUT2D eigenvalue weighted by Crippen LogP contribution is -2.56. The number of hydrogen-bond acceptors (Lipinski definition) is 4. The first-order chi connectivity index (χ1) is 10.6. The molecule has 3 aliphatic rings. The lowest BCUT2D eigenvalue weighted by molar-refractivity contribution is -0.138. The number of nitrogens with zero attached hydrogens (tertiary/aromatic N) is 1. The maximum atomic E-state index is 12.6. The fraction of sp³-hybridized carbons (Fsp3) is 0.500. The van der Waals surface area contributed by atoms with Gasteiger partial charge in [-0.3, -0.25) is 19.3 Å². The second-order valence-corrected chi connectivity index (χ2v) is 6.36. The fourth-order valence-corrected chi connectivity index (χ4v) is 3.70. The zero-order chi connectivity index (χ0) is 15.7. The fourth-order valence-electron chi connectivity index (χ4n) is 3.70. The predicted octanol–water partition coefficient (Wildman–Crippen LogP) is 2.55. The van der Waals surface area contributed by atoms with Gasteiger partial charge < -0.3 is 0 Å². The summed E-state index contributed by atoms with van der Waals surface area (Å²) in [5.41, 5.74) is 0.547. The third-order valence-corrected chi connectivity index (χ3v) is 5.03. The van der Waals surface area contributed by atoms with Crippen LogP contribution >= 0.6 is 12.4 Å². The van der Waals surface area contributed by atoms with Crippen molar-refractivity contribution in [1.29, 1.82) is 0 Å². The van der Waals surface area contributed by atoms with Crippen LogP contribution in [0.4, 0.5) is 0 Å². The average molecular weight is 336 g/mol. The van der Waals surface area contributed by atoms with Crippen LogP contribution in [0.15, 0.2) is 30.3 Å². The maximum Gasteiger partial charge on any atom is 0.173 e. The molecule has 2 atom stereocenters. The molecule has 4 rings (SSSR count). The standard InChI is InChI=1S/C18H21NO3.ClH/c1-12(20)15(17(21)13-5-3-2-4-6-13)11-16-18(22)14-7-9-19(16)10-8-14;/h2-6,14-16H,7-11H2,1H3;1H. The summed E-state index contributed by atoms with van der Waals surface area (Å²) in [7, 11) is 0. The van der Waals surface area contributed by atoms with Crippen molar-refractivity contribution in [3.05, 3.63) is 35.9 Å². The first-order valence-electron chi connectivity index (χ1n) is 7.95. The van der Waals surface area contributed by atoms with Gasteiger partial charge >= 0.3 is 0 Å². The van der Waals surface area contributed by atoms with Gasteiger partial charge in [0.25, 0.3) is 0 Å². The number of ketones is 3. The zero-order valence-corrected chi connectivity index (χ0v) is 14.1. The number of hydrogen-bond donors (Lipinski definition) is 0. The molecule has 0 N–H and O–H groups in total. The Hall–Kier alpha value is -1.52. The molecule has 0 aliphatic carbocycles. The highest BCUT2D eigenvalue weighted by Crippen LogP contribution is 2.32. The highest BCUT2D eigenvalue weighted by Gasteiger charge is 2.43. The summed E-state index contributed by atoms with van der Waals surface area (Å²) < 4.78 is 0. The lowest BCUT2D eigenvalue weighted by atomic mass is 9.77. The third-order valence-electron chi connectivity index (χ3n) is 5.03. The molecular formula is C18H22ClNO3. The minimum absolute atomic E-state index is 0. The van der Waals surface area contributed by atoms with Crippen molar-refractivity contribution >= 4 is 29.8 Å². The van der Waals surface area contributed by atoms with E-state index in [0.717, 1.165) is 25.9 Å². The molecule has 5 heteroatoms. The van der Waals surface area contributed by atoms with Crippen LogP contribution in [0.5, 0.6) is 0 Å². The van der Waals surface area contributed by atoms with E-state index < -0.39 is 5.92 Å². The number of carbonyl (C=O) groups is 3. The van der Waals surface area contributed by atoms with E-state index in [1.807, 2.05) is 6.07 Å². The van der Waals surface area contributed by atoms with E-state index in [0.29, 0.717) is 12.0 Å². The topological polar surface area (TPSA) is 54.5 Å². The molecule has 0 spiro atoms. The Labute approximate surface area is 142 Å². The second-order valence-electron chi connectivity index (χ2n) is 6.36. The molecule has 1 aromatic rings. The van der Waals surface area contributed by atoms with Crippen LogP contribution in [-0.2, 0) is 9.59 Å². The molecule has 0 amide bonds. The minimum Gasteiger partial charge on any atom is -0.299 e. The summed E-state index contributed by atoms with van der Waals surface area (Å²) in [6, 6.07) is 8.63. The van der Waals surface area contributed by atoms with E-state index in [1.54, 1.807) is 24.3 Å². The average Bonchev–Trinajstić information content (AvgIpc) is 2.55. The first kappa shape index (κ1) is 17.8. The van der Waals surface area contributed by atoms with Crippen molar-refractivity contribution in [2.24, 2.45) is 11.8 Å². The van der Waals surface area contributed by atoms with Gasteiger partial charge in [0.15, 0.2) is 11.6 Å². The number of carbonyl (C=O) groups excluding carboxylic acids is 3. The van der Waals surface area contributed by atoms with E-state index in [4.69, 9.17) is 0 Å². The maximum absolute atomic E-state index is 12.6. The molecule has 3 fully saturated rings. The summed E-state index contributed by atoms with van der Waals surface area (Å²) in [5, 5.41) is 0. The van der Waals surface area contributed by atoms with Gasteiger partial charge in [-0.2, -0.15) is 0 Å². The minimum atomic E-state index is -0.712. The van der Waals surface area contributed by atoms with Crippen LogP contribution in [0, 0.1) is 11.8 Å². The molecular weight excluding hydrogens is 314 g/mol. The molecule has 0 saturated carbocycles. The lowest BCUT2D eigenvalue weighted by Gasteiger charge is -2.44. The SMILES string of the molecule is CC(=O)C(CC1C(=O)C2CCN1CC2)C(=O)c1ccccc1.Cl. The van der Waals surface area contributed by atoms with Gasteiger partial charge in [-0.05, 0) is 39.3 Å². The van der Waals surface area contributed by atoms with Crippen LogP contribution in [0.2, 0.25) is 0 Å². The molecule has 0 aromatic heterocycles. The van der Waals surface area contributed by atoms with E-state index >= 15 is 0 Å². The van der Waals surface area contributed by atoms with Gasteiger partial charge in [0, 0.05) is 11.5 Å². The Morgan fingerprint density at radius 2 is 1.78 bits per heavy atom. The summed E-state index contributed by atoms with van der Waals surface area (Å²) in [6.45, 7) is 3.27. The van der Waals surface area contributed by atoms with E-state index in [-0.39, 0.29) is 41.7 Å². The van der Waals surface area contributed by atoms with Crippen molar-refractivity contribution in [3.8, 4) is 0 Å². The summed E-state index contributed by atoms with van der Waals surface area (Å²) >= 11 is 0. The Morgan fingerprint density at radius 3 is 2.30 bits per heavy atom. The number of benzene rings is 1. The largest absolute Gasteiger partial charge is 0.299 e. The van der Waals surface area contributed by atoms with Crippen molar-refractivity contribution in [3.63, 3.8) is 0 Å². The van der Waals surface area contributed by atoms with E-state index in [2.05, 4.69) is 4.90 Å². The molecule has 124 valence electrons. The molecule has 4 nitrogen and oxygen atoms in total. The Balaban J connectivity index is 0.00000192. The number of halogens is 1. The predicted molar refractivity (Wildman–Crippen MR) is 89.9 cm³/mol. The van der Waals surface area contributed by atoms with Gasteiger partial charge in [-0.25, -0.2) is 0 Å². The van der Waals surface area contributed by atoms with Gasteiger partial charge in [0.2, 0.25) is 0 Å². The van der Waals surface area contributed by atoms with Gasteiger partial charge in [0.1, 0.15) is 5.78 Å². The van der Waals surface area contributed by atoms with Crippen LogP contribution in [0.1, 0.15) is 36.5 Å². The number of fused-ring (bicyclic) bond motifs is 3. The molecule has 1 aromatic carbocycles. The monoisotopic (exact) mass is 335 g/mol. The number of Topliss-reactive ketones (excluding diaryl/α,β-unsaturated/α-hetero) is 3. The Kier molecular flexibility index (Phi) is 5.71.